The van der Waals surface area contributed by atoms with Crippen LogP contribution in [-0.4, -0.2) is 21.9 Å². The number of amides is 1. The second-order valence-corrected chi connectivity index (χ2v) is 7.53. The van der Waals surface area contributed by atoms with Crippen molar-refractivity contribution in [2.24, 2.45) is 0 Å². The minimum absolute atomic E-state index is 0.189. The van der Waals surface area contributed by atoms with Gasteiger partial charge in [0.2, 0.25) is 5.13 Å². The summed E-state index contributed by atoms with van der Waals surface area (Å²) in [6.45, 7) is -0.189. The van der Waals surface area contributed by atoms with E-state index in [0.29, 0.717) is 16.7 Å². The summed E-state index contributed by atoms with van der Waals surface area (Å²) < 4.78 is 23.2. The molecule has 0 aliphatic heterocycles. The molecule has 0 aliphatic carbocycles. The zero-order valence-corrected chi connectivity index (χ0v) is 14.7. The number of anilines is 1. The van der Waals surface area contributed by atoms with Gasteiger partial charge in [0.15, 0.2) is 12.4 Å². The van der Waals surface area contributed by atoms with Crippen LogP contribution in [0.5, 0.6) is 5.75 Å². The zero-order valence-electron chi connectivity index (χ0n) is 11.5. The van der Waals surface area contributed by atoms with Crippen LogP contribution in [0.25, 0.3) is 10.7 Å². The summed E-state index contributed by atoms with van der Waals surface area (Å²) in [5.41, 5.74) is 0. The first kappa shape index (κ1) is 16.0. The van der Waals surface area contributed by atoms with Gasteiger partial charge in [-0.05, 0) is 52.3 Å². The van der Waals surface area contributed by atoms with E-state index in [9.17, 15) is 9.18 Å². The Morgan fingerprint density at radius 2 is 2.04 bits per heavy atom. The van der Waals surface area contributed by atoms with Gasteiger partial charge in [0.1, 0.15) is 11.6 Å². The van der Waals surface area contributed by atoms with Gasteiger partial charge in [-0.2, -0.15) is 9.36 Å². The van der Waals surface area contributed by atoms with E-state index in [1.807, 2.05) is 12.1 Å². The second-order valence-electron chi connectivity index (χ2n) is 4.32. The van der Waals surface area contributed by atoms with E-state index in [0.717, 1.165) is 20.2 Å². The Kier molecular flexibility index (Phi) is 4.99. The van der Waals surface area contributed by atoms with Crippen molar-refractivity contribution in [3.05, 3.63) is 46.0 Å². The highest BCUT2D eigenvalue weighted by molar-refractivity contribution is 9.11. The molecule has 2 aromatic heterocycles. The van der Waals surface area contributed by atoms with Crippen LogP contribution in [0.3, 0.4) is 0 Å². The number of halogens is 2. The molecule has 0 atom stereocenters. The number of nitrogens with zero attached hydrogens (tertiary/aromatic N) is 2. The SMILES string of the molecule is O=C(COc1ccc(F)cc1)Nc1nc(-c2ccc(Br)s2)ns1. The van der Waals surface area contributed by atoms with E-state index in [-0.39, 0.29) is 18.3 Å². The molecule has 0 radical (unpaired) electrons. The fourth-order valence-corrected chi connectivity index (χ4v) is 3.62. The molecule has 23 heavy (non-hydrogen) atoms. The van der Waals surface area contributed by atoms with Gasteiger partial charge in [-0.1, -0.05) is 0 Å². The van der Waals surface area contributed by atoms with Crippen molar-refractivity contribution >= 4 is 49.8 Å². The van der Waals surface area contributed by atoms with E-state index in [2.05, 4.69) is 30.6 Å². The number of carbonyl (C=O) groups is 1. The molecule has 118 valence electrons. The van der Waals surface area contributed by atoms with Gasteiger partial charge in [-0.25, -0.2) is 4.39 Å². The highest BCUT2D eigenvalue weighted by atomic mass is 79.9. The summed E-state index contributed by atoms with van der Waals surface area (Å²) in [5, 5.41) is 3.02. The predicted octanol–water partition coefficient (Wildman–Crippen LogP) is 4.19. The number of rotatable bonds is 5. The Morgan fingerprint density at radius 3 is 2.74 bits per heavy atom. The third-order valence-electron chi connectivity index (χ3n) is 2.65. The molecule has 2 heterocycles. The highest BCUT2D eigenvalue weighted by Crippen LogP contribution is 2.30. The first-order valence-corrected chi connectivity index (χ1v) is 8.76. The lowest BCUT2D eigenvalue weighted by Gasteiger charge is -2.05. The predicted molar refractivity (Wildman–Crippen MR) is 91.4 cm³/mol. The van der Waals surface area contributed by atoms with E-state index in [4.69, 9.17) is 4.74 Å². The molecule has 0 saturated carbocycles. The molecular formula is C14H9BrFN3O2S2. The molecule has 3 rings (SSSR count). The fraction of sp³-hybridized carbons (Fsp3) is 0.0714. The summed E-state index contributed by atoms with van der Waals surface area (Å²) in [5.74, 6) is 0.274. The summed E-state index contributed by atoms with van der Waals surface area (Å²) in [7, 11) is 0. The van der Waals surface area contributed by atoms with Crippen LogP contribution < -0.4 is 10.1 Å². The van der Waals surface area contributed by atoms with E-state index >= 15 is 0 Å². The van der Waals surface area contributed by atoms with Crippen molar-refractivity contribution in [3.63, 3.8) is 0 Å². The quantitative estimate of drug-likeness (QED) is 0.680. The van der Waals surface area contributed by atoms with Crippen molar-refractivity contribution in [1.29, 1.82) is 0 Å². The first-order chi connectivity index (χ1) is 11.1. The van der Waals surface area contributed by atoms with Gasteiger partial charge in [-0.3, -0.25) is 10.1 Å². The molecule has 3 aromatic rings. The molecular weight excluding hydrogens is 405 g/mol. The fourth-order valence-electron chi connectivity index (χ4n) is 1.64. The van der Waals surface area contributed by atoms with Crippen LogP contribution in [0.2, 0.25) is 0 Å². The van der Waals surface area contributed by atoms with Gasteiger partial charge in [-0.15, -0.1) is 11.3 Å². The molecule has 1 N–H and O–H groups in total. The van der Waals surface area contributed by atoms with E-state index < -0.39 is 0 Å². The lowest BCUT2D eigenvalue weighted by molar-refractivity contribution is -0.118. The second kappa shape index (κ2) is 7.16. The van der Waals surface area contributed by atoms with Crippen molar-refractivity contribution < 1.29 is 13.9 Å². The summed E-state index contributed by atoms with van der Waals surface area (Å²) in [6, 6.07) is 9.27. The normalized spacial score (nSPS) is 10.5. The monoisotopic (exact) mass is 413 g/mol. The lowest BCUT2D eigenvalue weighted by Crippen LogP contribution is -2.20. The summed E-state index contributed by atoms with van der Waals surface area (Å²) in [6.07, 6.45) is 0. The van der Waals surface area contributed by atoms with Crippen LogP contribution in [0, 0.1) is 5.82 Å². The van der Waals surface area contributed by atoms with Gasteiger partial charge < -0.3 is 4.74 Å². The largest absolute Gasteiger partial charge is 0.484 e. The summed E-state index contributed by atoms with van der Waals surface area (Å²) in [4.78, 5) is 17.0. The van der Waals surface area contributed by atoms with Crippen LogP contribution in [0.1, 0.15) is 0 Å². The van der Waals surface area contributed by atoms with Gasteiger partial charge in [0, 0.05) is 11.5 Å². The standard InChI is InChI=1S/C14H9BrFN3O2S2/c15-11-6-5-10(22-11)13-18-14(23-19-13)17-12(20)7-21-9-3-1-8(16)2-4-9/h1-6H,7H2,(H,17,18,19,20). The number of thiophene rings is 1. The van der Waals surface area contributed by atoms with Crippen molar-refractivity contribution in [3.8, 4) is 16.5 Å². The average molecular weight is 414 g/mol. The Labute approximate surface area is 147 Å². The minimum Gasteiger partial charge on any atom is -0.484 e. The summed E-state index contributed by atoms with van der Waals surface area (Å²) >= 11 is 5.99. The first-order valence-electron chi connectivity index (χ1n) is 6.38. The van der Waals surface area contributed by atoms with Crippen molar-refractivity contribution in [2.45, 2.75) is 0 Å². The molecule has 0 unspecified atom stereocenters. The Bertz CT molecular complexity index is 820. The molecule has 0 saturated heterocycles. The molecule has 1 aromatic carbocycles. The lowest BCUT2D eigenvalue weighted by atomic mass is 10.3. The molecule has 0 spiro atoms. The molecule has 0 aliphatic rings. The van der Waals surface area contributed by atoms with Crippen LogP contribution in [0.4, 0.5) is 9.52 Å². The zero-order chi connectivity index (χ0) is 16.2. The number of ether oxygens (including phenoxy) is 1. The van der Waals surface area contributed by atoms with Gasteiger partial charge >= 0.3 is 0 Å². The maximum atomic E-state index is 12.8. The molecule has 5 nitrogen and oxygen atoms in total. The number of carbonyl (C=O) groups excluding carboxylic acids is 1. The Morgan fingerprint density at radius 1 is 1.26 bits per heavy atom. The van der Waals surface area contributed by atoms with Crippen LogP contribution >= 0.6 is 38.8 Å². The number of aromatic nitrogens is 2. The average Bonchev–Trinajstić information content (AvgIpc) is 3.16. The van der Waals surface area contributed by atoms with Crippen LogP contribution in [-0.2, 0) is 4.79 Å². The maximum Gasteiger partial charge on any atom is 0.264 e. The van der Waals surface area contributed by atoms with Crippen LogP contribution in [0.15, 0.2) is 40.2 Å². The molecule has 1 amide bonds. The maximum absolute atomic E-state index is 12.8. The third kappa shape index (κ3) is 4.34. The van der Waals surface area contributed by atoms with E-state index in [1.54, 1.807) is 0 Å². The molecule has 0 fully saturated rings. The van der Waals surface area contributed by atoms with Crippen molar-refractivity contribution in [1.82, 2.24) is 9.36 Å². The minimum atomic E-state index is -0.358. The third-order valence-corrected chi connectivity index (χ3v) is 4.90. The molecule has 0 bridgehead atoms. The Hall–Kier alpha value is -1.84. The van der Waals surface area contributed by atoms with E-state index in [1.165, 1.54) is 35.6 Å². The number of nitrogens with one attached hydrogen (secondary N) is 1. The highest BCUT2D eigenvalue weighted by Gasteiger charge is 2.11. The van der Waals surface area contributed by atoms with Gasteiger partial charge in [0.05, 0.1) is 8.66 Å². The molecule has 9 heteroatoms. The number of benzene rings is 1. The smallest absolute Gasteiger partial charge is 0.264 e. The number of hydrogen-bond donors (Lipinski definition) is 1. The van der Waals surface area contributed by atoms with Crippen molar-refractivity contribution in [2.75, 3.05) is 11.9 Å². The Balaban J connectivity index is 1.56. The topological polar surface area (TPSA) is 64.1 Å². The number of hydrogen-bond acceptors (Lipinski definition) is 6. The van der Waals surface area contributed by atoms with Gasteiger partial charge in [0.25, 0.3) is 5.91 Å².